The Hall–Kier alpha value is 0.620. The molecule has 1 spiro atoms. The van der Waals surface area contributed by atoms with E-state index in [1.165, 1.54) is 36.5 Å². The van der Waals surface area contributed by atoms with E-state index in [1.54, 1.807) is 0 Å². The average molecular weight is 304 g/mol. The minimum absolute atomic E-state index is 0.206. The third-order valence-electron chi connectivity index (χ3n) is 3.85. The van der Waals surface area contributed by atoms with Crippen LogP contribution >= 0.6 is 23.5 Å². The van der Waals surface area contributed by atoms with E-state index >= 15 is 0 Å². The maximum absolute atomic E-state index is 6.09. The highest BCUT2D eigenvalue weighted by molar-refractivity contribution is 8.00. The van der Waals surface area contributed by atoms with Crippen molar-refractivity contribution in [1.82, 2.24) is 5.32 Å². The van der Waals surface area contributed by atoms with Gasteiger partial charge < -0.3 is 10.1 Å². The molecule has 2 fully saturated rings. The zero-order valence-electron chi connectivity index (χ0n) is 12.8. The lowest BCUT2D eigenvalue weighted by molar-refractivity contribution is -0.0708. The third-order valence-corrected chi connectivity index (χ3v) is 6.60. The van der Waals surface area contributed by atoms with Gasteiger partial charge in [-0.15, -0.1) is 0 Å². The fourth-order valence-electron chi connectivity index (χ4n) is 2.86. The maximum Gasteiger partial charge on any atom is 0.0795 e. The number of hydrogen-bond donors (Lipinski definition) is 1. The molecule has 2 saturated heterocycles. The van der Waals surface area contributed by atoms with Crippen molar-refractivity contribution in [2.75, 3.05) is 23.9 Å². The molecule has 19 heavy (non-hydrogen) atoms. The van der Waals surface area contributed by atoms with E-state index in [1.807, 2.05) is 0 Å². The molecule has 2 aliphatic rings. The first-order chi connectivity index (χ1) is 8.89. The molecule has 0 aromatic rings. The summed E-state index contributed by atoms with van der Waals surface area (Å²) in [5, 5.41) is 3.83. The van der Waals surface area contributed by atoms with Crippen molar-refractivity contribution in [3.63, 3.8) is 0 Å². The topological polar surface area (TPSA) is 21.3 Å². The summed E-state index contributed by atoms with van der Waals surface area (Å²) in [4.78, 5) is 0. The van der Waals surface area contributed by atoms with E-state index in [4.69, 9.17) is 4.74 Å². The Morgan fingerprint density at radius 2 is 2.26 bits per heavy atom. The van der Waals surface area contributed by atoms with Gasteiger partial charge in [-0.3, -0.25) is 0 Å². The second-order valence-corrected chi connectivity index (χ2v) is 9.97. The van der Waals surface area contributed by atoms with Crippen LogP contribution in [0.3, 0.4) is 0 Å². The van der Waals surface area contributed by atoms with Gasteiger partial charge in [0.1, 0.15) is 0 Å². The average Bonchev–Trinajstić information content (AvgIpc) is 2.74. The normalized spacial score (nSPS) is 33.8. The first kappa shape index (κ1) is 16.0. The molecule has 0 radical (unpaired) electrons. The van der Waals surface area contributed by atoms with Crippen molar-refractivity contribution in [1.29, 1.82) is 0 Å². The predicted octanol–water partition coefficient (Wildman–Crippen LogP) is 3.55. The van der Waals surface area contributed by atoms with E-state index in [0.717, 1.165) is 6.61 Å². The zero-order chi connectivity index (χ0) is 13.9. The summed E-state index contributed by atoms with van der Waals surface area (Å²) in [6, 6.07) is 1.25. The monoisotopic (exact) mass is 303 g/mol. The largest absolute Gasteiger partial charge is 0.374 e. The van der Waals surface area contributed by atoms with E-state index in [-0.39, 0.29) is 5.60 Å². The molecule has 2 nitrogen and oxygen atoms in total. The molecule has 2 rings (SSSR count). The molecule has 0 aliphatic carbocycles. The highest BCUT2D eigenvalue weighted by atomic mass is 32.2. The molecular weight excluding hydrogens is 274 g/mol. The molecule has 3 atom stereocenters. The van der Waals surface area contributed by atoms with E-state index in [0.29, 0.717) is 16.8 Å². The van der Waals surface area contributed by atoms with Crippen molar-refractivity contribution < 1.29 is 4.74 Å². The van der Waals surface area contributed by atoms with Crippen LogP contribution in [0.15, 0.2) is 0 Å². The summed E-state index contributed by atoms with van der Waals surface area (Å²) in [7, 11) is 0. The molecule has 0 saturated carbocycles. The SMILES string of the molecule is CC(CSC(C)(C)C)NC1CCOC2(CCSC2)C1. The maximum atomic E-state index is 6.09. The van der Waals surface area contributed by atoms with Crippen LogP contribution in [0.5, 0.6) is 0 Å². The number of nitrogens with one attached hydrogen (secondary N) is 1. The molecule has 4 heteroatoms. The van der Waals surface area contributed by atoms with Crippen LogP contribution in [-0.4, -0.2) is 46.3 Å². The number of rotatable bonds is 4. The van der Waals surface area contributed by atoms with Crippen LogP contribution in [0.2, 0.25) is 0 Å². The van der Waals surface area contributed by atoms with Gasteiger partial charge in [0.05, 0.1) is 5.60 Å². The highest BCUT2D eigenvalue weighted by Gasteiger charge is 2.40. The van der Waals surface area contributed by atoms with Gasteiger partial charge in [-0.2, -0.15) is 23.5 Å². The quantitative estimate of drug-likeness (QED) is 0.857. The van der Waals surface area contributed by atoms with E-state index < -0.39 is 0 Å². The van der Waals surface area contributed by atoms with Gasteiger partial charge in [0.15, 0.2) is 0 Å². The summed E-state index contributed by atoms with van der Waals surface area (Å²) in [6.45, 7) is 10.2. The standard InChI is InChI=1S/C15H29NOS2/c1-12(10-19-14(2,3)4)16-13-5-7-17-15(9-13)6-8-18-11-15/h12-13,16H,5-11H2,1-4H3. The fraction of sp³-hybridized carbons (Fsp3) is 1.00. The summed E-state index contributed by atoms with van der Waals surface area (Å²) in [6.07, 6.45) is 3.64. The third kappa shape index (κ3) is 5.14. The van der Waals surface area contributed by atoms with Crippen molar-refractivity contribution in [3.05, 3.63) is 0 Å². The summed E-state index contributed by atoms with van der Waals surface area (Å²) in [5.41, 5.74) is 0.206. The fourth-order valence-corrected chi connectivity index (χ4v) is 5.08. The number of ether oxygens (including phenoxy) is 1. The van der Waals surface area contributed by atoms with Crippen molar-refractivity contribution in [2.24, 2.45) is 0 Å². The van der Waals surface area contributed by atoms with E-state index in [2.05, 4.69) is 56.5 Å². The molecule has 0 aromatic carbocycles. The Kier molecular flexibility index (Phi) is 5.55. The van der Waals surface area contributed by atoms with Crippen LogP contribution < -0.4 is 5.32 Å². The van der Waals surface area contributed by atoms with E-state index in [9.17, 15) is 0 Å². The summed E-state index contributed by atoms with van der Waals surface area (Å²) < 4.78 is 6.46. The first-order valence-electron chi connectivity index (χ1n) is 7.50. The number of hydrogen-bond acceptors (Lipinski definition) is 4. The lowest BCUT2D eigenvalue weighted by Gasteiger charge is -2.39. The van der Waals surface area contributed by atoms with Gasteiger partial charge in [0.25, 0.3) is 0 Å². The summed E-state index contributed by atoms with van der Waals surface area (Å²) >= 11 is 4.11. The van der Waals surface area contributed by atoms with Gasteiger partial charge >= 0.3 is 0 Å². The molecule has 0 bridgehead atoms. The van der Waals surface area contributed by atoms with Gasteiger partial charge in [-0.25, -0.2) is 0 Å². The molecular formula is C15H29NOS2. The molecule has 112 valence electrons. The Morgan fingerprint density at radius 1 is 1.47 bits per heavy atom. The molecule has 0 aromatic heterocycles. The minimum atomic E-state index is 0.206. The minimum Gasteiger partial charge on any atom is -0.374 e. The predicted molar refractivity (Wildman–Crippen MR) is 88.5 cm³/mol. The molecule has 2 aliphatic heterocycles. The van der Waals surface area contributed by atoms with Gasteiger partial charge in [-0.1, -0.05) is 20.8 Å². The summed E-state index contributed by atoms with van der Waals surface area (Å²) in [5.74, 6) is 3.68. The Bertz CT molecular complexity index is 284. The van der Waals surface area contributed by atoms with Crippen LogP contribution in [0, 0.1) is 0 Å². The second kappa shape index (κ2) is 6.59. The number of thioether (sulfide) groups is 2. The van der Waals surface area contributed by atoms with Crippen LogP contribution in [0.4, 0.5) is 0 Å². The van der Waals surface area contributed by atoms with Crippen molar-refractivity contribution >= 4 is 23.5 Å². The smallest absolute Gasteiger partial charge is 0.0795 e. The zero-order valence-corrected chi connectivity index (χ0v) is 14.5. The molecule has 3 unspecified atom stereocenters. The first-order valence-corrected chi connectivity index (χ1v) is 9.64. The van der Waals surface area contributed by atoms with Gasteiger partial charge in [0, 0.05) is 34.9 Å². The van der Waals surface area contributed by atoms with Crippen molar-refractivity contribution in [2.45, 2.75) is 69.4 Å². The lowest BCUT2D eigenvalue weighted by Crippen LogP contribution is -2.49. The Balaban J connectivity index is 1.75. The molecule has 0 amide bonds. The van der Waals surface area contributed by atoms with Crippen LogP contribution in [-0.2, 0) is 4.74 Å². The molecule has 2 heterocycles. The van der Waals surface area contributed by atoms with Crippen LogP contribution in [0.25, 0.3) is 0 Å². The van der Waals surface area contributed by atoms with Gasteiger partial charge in [0.2, 0.25) is 0 Å². The van der Waals surface area contributed by atoms with Crippen LogP contribution in [0.1, 0.15) is 47.0 Å². The second-order valence-electron chi connectivity index (χ2n) is 7.01. The Labute approximate surface area is 127 Å². The highest BCUT2D eigenvalue weighted by Crippen LogP contribution is 2.38. The van der Waals surface area contributed by atoms with Crippen molar-refractivity contribution in [3.8, 4) is 0 Å². The molecule has 1 N–H and O–H groups in total. The Morgan fingerprint density at radius 3 is 2.89 bits per heavy atom. The lowest BCUT2D eigenvalue weighted by atomic mass is 9.89. The van der Waals surface area contributed by atoms with Gasteiger partial charge in [-0.05, 0) is 31.9 Å².